The summed E-state index contributed by atoms with van der Waals surface area (Å²) in [7, 11) is 0. The Morgan fingerprint density at radius 3 is 2.47 bits per heavy atom. The summed E-state index contributed by atoms with van der Waals surface area (Å²) in [6, 6.07) is 0.283. The van der Waals surface area contributed by atoms with Gasteiger partial charge in [-0.15, -0.1) is 0 Å². The lowest BCUT2D eigenvalue weighted by atomic mass is 10.1. The molecule has 0 amide bonds. The second kappa shape index (κ2) is 4.64. The van der Waals surface area contributed by atoms with Crippen LogP contribution in [-0.2, 0) is 4.74 Å². The van der Waals surface area contributed by atoms with Crippen LogP contribution < -0.4 is 5.73 Å². The molecule has 1 saturated heterocycles. The van der Waals surface area contributed by atoms with Gasteiger partial charge in [-0.25, -0.2) is 0 Å². The van der Waals surface area contributed by atoms with Gasteiger partial charge in [0.2, 0.25) is 0 Å². The van der Waals surface area contributed by atoms with Crippen LogP contribution in [0.5, 0.6) is 0 Å². The van der Waals surface area contributed by atoms with Crippen molar-refractivity contribution in [2.75, 3.05) is 19.6 Å². The summed E-state index contributed by atoms with van der Waals surface area (Å²) in [5.41, 5.74) is 5.85. The van der Waals surface area contributed by atoms with Gasteiger partial charge >= 0.3 is 0 Å². The number of nitrogens with two attached hydrogens (primary N) is 1. The lowest BCUT2D eigenvalue weighted by Crippen LogP contribution is -2.46. The average molecular weight is 210 g/mol. The summed E-state index contributed by atoms with van der Waals surface area (Å²) >= 11 is 0. The molecule has 15 heavy (non-hydrogen) atoms. The Labute approximate surface area is 92.3 Å². The molecule has 2 rings (SSSR count). The summed E-state index contributed by atoms with van der Waals surface area (Å²) in [4.78, 5) is 2.51. The van der Waals surface area contributed by atoms with Crippen LogP contribution in [-0.4, -0.2) is 42.8 Å². The average Bonchev–Trinajstić information content (AvgIpc) is 2.49. The molecule has 2 N–H and O–H groups in total. The monoisotopic (exact) mass is 210 g/mol. The molecule has 0 saturated carbocycles. The van der Waals surface area contributed by atoms with Crippen molar-refractivity contribution < 1.29 is 4.74 Å². The maximum Gasteiger partial charge on any atom is 0.0678 e. The molecular formula is C12H22N2O. The summed E-state index contributed by atoms with van der Waals surface area (Å²) < 4.78 is 5.72. The van der Waals surface area contributed by atoms with E-state index in [0.29, 0.717) is 18.1 Å². The largest absolute Gasteiger partial charge is 0.373 e. The van der Waals surface area contributed by atoms with Crippen LogP contribution in [0.1, 0.15) is 20.3 Å². The number of ether oxygens (including phenoxy) is 1. The topological polar surface area (TPSA) is 38.5 Å². The normalized spacial score (nSPS) is 42.3. The second-order valence-electron chi connectivity index (χ2n) is 5.02. The Morgan fingerprint density at radius 2 is 1.93 bits per heavy atom. The molecule has 2 unspecified atom stereocenters. The molecule has 3 heteroatoms. The highest BCUT2D eigenvalue weighted by Gasteiger charge is 2.25. The zero-order valence-corrected chi connectivity index (χ0v) is 9.73. The molecule has 0 aromatic heterocycles. The standard InChI is InChI=1S/C12H22N2O/c1-9-6-14(7-10(2)15-9)8-11-3-4-12(13)5-11/h3-4,9-12H,5-8,13H2,1-2H3/t9-,10+,11?,12?. The fourth-order valence-corrected chi connectivity index (χ4v) is 2.71. The first-order valence-corrected chi connectivity index (χ1v) is 5.95. The number of hydrogen-bond acceptors (Lipinski definition) is 3. The Kier molecular flexibility index (Phi) is 3.44. The van der Waals surface area contributed by atoms with Gasteiger partial charge in [0.1, 0.15) is 0 Å². The predicted octanol–water partition coefficient (Wildman–Crippen LogP) is 0.999. The van der Waals surface area contributed by atoms with Crippen LogP contribution in [0.3, 0.4) is 0 Å². The molecule has 1 aliphatic carbocycles. The Hall–Kier alpha value is -0.380. The molecule has 0 bridgehead atoms. The van der Waals surface area contributed by atoms with E-state index < -0.39 is 0 Å². The van der Waals surface area contributed by atoms with Gasteiger partial charge < -0.3 is 10.5 Å². The van der Waals surface area contributed by atoms with Crippen LogP contribution >= 0.6 is 0 Å². The fraction of sp³-hybridized carbons (Fsp3) is 0.833. The van der Waals surface area contributed by atoms with Crippen molar-refractivity contribution in [1.29, 1.82) is 0 Å². The van der Waals surface area contributed by atoms with E-state index in [4.69, 9.17) is 10.5 Å². The van der Waals surface area contributed by atoms with Crippen molar-refractivity contribution in [2.45, 2.75) is 38.5 Å². The third-order valence-corrected chi connectivity index (χ3v) is 3.19. The molecule has 1 aliphatic heterocycles. The lowest BCUT2D eigenvalue weighted by Gasteiger charge is -2.36. The van der Waals surface area contributed by atoms with E-state index >= 15 is 0 Å². The van der Waals surface area contributed by atoms with Gasteiger partial charge in [0.15, 0.2) is 0 Å². The van der Waals surface area contributed by atoms with Gasteiger partial charge in [-0.05, 0) is 26.2 Å². The Morgan fingerprint density at radius 1 is 1.27 bits per heavy atom. The SMILES string of the molecule is C[C@@H]1CN(CC2C=CC(N)C2)C[C@H](C)O1. The number of nitrogens with zero attached hydrogens (tertiary/aromatic N) is 1. The highest BCUT2D eigenvalue weighted by molar-refractivity contribution is 5.05. The molecule has 1 heterocycles. The molecule has 3 nitrogen and oxygen atoms in total. The molecule has 4 atom stereocenters. The van der Waals surface area contributed by atoms with Gasteiger partial charge in [0.25, 0.3) is 0 Å². The zero-order chi connectivity index (χ0) is 10.8. The summed E-state index contributed by atoms with van der Waals surface area (Å²) in [5.74, 6) is 0.650. The van der Waals surface area contributed by atoms with Crippen molar-refractivity contribution in [3.63, 3.8) is 0 Å². The first kappa shape index (κ1) is 11.1. The molecule has 0 radical (unpaired) electrons. The molecule has 0 aromatic rings. The molecular weight excluding hydrogens is 188 g/mol. The molecule has 1 fully saturated rings. The highest BCUT2D eigenvalue weighted by atomic mass is 16.5. The highest BCUT2D eigenvalue weighted by Crippen LogP contribution is 2.20. The maximum atomic E-state index is 5.85. The quantitative estimate of drug-likeness (QED) is 0.691. The molecule has 0 spiro atoms. The van der Waals surface area contributed by atoms with Crippen molar-refractivity contribution in [3.8, 4) is 0 Å². The van der Waals surface area contributed by atoms with Crippen molar-refractivity contribution in [1.82, 2.24) is 4.90 Å². The second-order valence-corrected chi connectivity index (χ2v) is 5.02. The van der Waals surface area contributed by atoms with Gasteiger partial charge in [0, 0.05) is 25.7 Å². The van der Waals surface area contributed by atoms with Crippen molar-refractivity contribution in [2.24, 2.45) is 11.7 Å². The number of rotatable bonds is 2. The Bertz CT molecular complexity index is 232. The van der Waals surface area contributed by atoms with Crippen LogP contribution in [0, 0.1) is 5.92 Å². The number of morpholine rings is 1. The molecule has 2 aliphatic rings. The zero-order valence-electron chi connectivity index (χ0n) is 9.73. The smallest absolute Gasteiger partial charge is 0.0678 e. The minimum Gasteiger partial charge on any atom is -0.373 e. The third kappa shape index (κ3) is 3.03. The van der Waals surface area contributed by atoms with Gasteiger partial charge in [-0.1, -0.05) is 12.2 Å². The van der Waals surface area contributed by atoms with Crippen LogP contribution in [0.25, 0.3) is 0 Å². The summed E-state index contributed by atoms with van der Waals surface area (Å²) in [6.45, 7) is 7.56. The molecule has 86 valence electrons. The minimum absolute atomic E-state index is 0.283. The predicted molar refractivity (Wildman–Crippen MR) is 61.7 cm³/mol. The van der Waals surface area contributed by atoms with Crippen LogP contribution in [0.15, 0.2) is 12.2 Å². The lowest BCUT2D eigenvalue weighted by molar-refractivity contribution is -0.0701. The first-order valence-electron chi connectivity index (χ1n) is 5.95. The van der Waals surface area contributed by atoms with E-state index in [1.54, 1.807) is 0 Å². The van der Waals surface area contributed by atoms with E-state index in [0.717, 1.165) is 26.1 Å². The van der Waals surface area contributed by atoms with Gasteiger partial charge in [-0.3, -0.25) is 4.90 Å². The fourth-order valence-electron chi connectivity index (χ4n) is 2.71. The maximum absolute atomic E-state index is 5.85. The van der Waals surface area contributed by atoms with E-state index in [1.807, 2.05) is 0 Å². The van der Waals surface area contributed by atoms with Crippen molar-refractivity contribution >= 4 is 0 Å². The van der Waals surface area contributed by atoms with Crippen LogP contribution in [0.2, 0.25) is 0 Å². The van der Waals surface area contributed by atoms with Gasteiger partial charge in [0.05, 0.1) is 12.2 Å². The third-order valence-electron chi connectivity index (χ3n) is 3.19. The van der Waals surface area contributed by atoms with Crippen molar-refractivity contribution in [3.05, 3.63) is 12.2 Å². The van der Waals surface area contributed by atoms with Crippen LogP contribution in [0.4, 0.5) is 0 Å². The Balaban J connectivity index is 1.81. The number of hydrogen-bond donors (Lipinski definition) is 1. The van der Waals surface area contributed by atoms with E-state index in [9.17, 15) is 0 Å². The van der Waals surface area contributed by atoms with Gasteiger partial charge in [-0.2, -0.15) is 0 Å². The first-order chi connectivity index (χ1) is 7.13. The van der Waals surface area contributed by atoms with E-state index in [2.05, 4.69) is 30.9 Å². The minimum atomic E-state index is 0.283. The summed E-state index contributed by atoms with van der Waals surface area (Å²) in [5, 5.41) is 0. The molecule has 0 aromatic carbocycles. The summed E-state index contributed by atoms with van der Waals surface area (Å²) in [6.07, 6.45) is 6.26. The van der Waals surface area contributed by atoms with E-state index in [-0.39, 0.29) is 6.04 Å². The van der Waals surface area contributed by atoms with E-state index in [1.165, 1.54) is 0 Å².